The number of aliphatic hydroxyl groups is 2. The third kappa shape index (κ3) is 3.61. The van der Waals surface area contributed by atoms with Crippen LogP contribution in [0.4, 0.5) is 5.69 Å². The third-order valence-corrected chi connectivity index (χ3v) is 3.24. The molecule has 3 N–H and O–H groups in total. The second-order valence-electron chi connectivity index (χ2n) is 2.85. The van der Waals surface area contributed by atoms with Crippen molar-refractivity contribution >= 4 is 39.9 Å². The fraction of sp³-hybridized carbons (Fsp3) is 0.333. The van der Waals surface area contributed by atoms with Crippen LogP contribution in [-0.4, -0.2) is 29.5 Å². The first-order chi connectivity index (χ1) is 6.63. The molecule has 1 rings (SSSR count). The lowest BCUT2D eigenvalue weighted by atomic mass is 10.3. The molecule has 0 saturated heterocycles. The van der Waals surface area contributed by atoms with E-state index in [1.807, 2.05) is 12.1 Å². The highest BCUT2D eigenvalue weighted by atomic mass is 127. The molecule has 14 heavy (non-hydrogen) atoms. The molecule has 0 aromatic heterocycles. The molecular formula is C9H11ClINO2. The van der Waals surface area contributed by atoms with Gasteiger partial charge in [-0.1, -0.05) is 11.6 Å². The van der Waals surface area contributed by atoms with Crippen LogP contribution in [0.3, 0.4) is 0 Å². The molecule has 0 fully saturated rings. The van der Waals surface area contributed by atoms with Gasteiger partial charge in [-0.25, -0.2) is 0 Å². The smallest absolute Gasteiger partial charge is 0.0942 e. The highest BCUT2D eigenvalue weighted by Crippen LogP contribution is 2.22. The molecule has 0 radical (unpaired) electrons. The van der Waals surface area contributed by atoms with E-state index in [0.29, 0.717) is 11.6 Å². The van der Waals surface area contributed by atoms with E-state index in [0.717, 1.165) is 9.26 Å². The maximum absolute atomic E-state index is 9.10. The highest BCUT2D eigenvalue weighted by molar-refractivity contribution is 14.1. The minimum atomic E-state index is -0.743. The van der Waals surface area contributed by atoms with Crippen molar-refractivity contribution in [2.45, 2.75) is 6.10 Å². The van der Waals surface area contributed by atoms with Gasteiger partial charge in [0.2, 0.25) is 0 Å². The van der Waals surface area contributed by atoms with Crippen molar-refractivity contribution in [1.82, 2.24) is 0 Å². The molecule has 1 unspecified atom stereocenters. The normalized spacial score (nSPS) is 12.6. The zero-order valence-corrected chi connectivity index (χ0v) is 10.3. The van der Waals surface area contributed by atoms with Gasteiger partial charge < -0.3 is 15.5 Å². The van der Waals surface area contributed by atoms with E-state index < -0.39 is 6.10 Å². The van der Waals surface area contributed by atoms with Crippen molar-refractivity contribution in [1.29, 1.82) is 0 Å². The molecule has 0 bridgehead atoms. The lowest BCUT2D eigenvalue weighted by Gasteiger charge is -2.10. The van der Waals surface area contributed by atoms with Crippen molar-refractivity contribution in [3.8, 4) is 0 Å². The molecule has 5 heteroatoms. The van der Waals surface area contributed by atoms with Gasteiger partial charge >= 0.3 is 0 Å². The largest absolute Gasteiger partial charge is 0.394 e. The highest BCUT2D eigenvalue weighted by Gasteiger charge is 2.02. The van der Waals surface area contributed by atoms with Crippen molar-refractivity contribution in [2.24, 2.45) is 0 Å². The molecule has 1 aromatic carbocycles. The summed E-state index contributed by atoms with van der Waals surface area (Å²) in [5.41, 5.74) is 0.836. The zero-order valence-electron chi connectivity index (χ0n) is 7.37. The minimum Gasteiger partial charge on any atom is -0.394 e. The molecule has 78 valence electrons. The summed E-state index contributed by atoms with van der Waals surface area (Å²) in [6.07, 6.45) is -0.743. The van der Waals surface area contributed by atoms with Gasteiger partial charge in [-0.3, -0.25) is 0 Å². The Kier molecular flexibility index (Phi) is 4.94. The Bertz CT molecular complexity index is 309. The predicted octanol–water partition coefficient (Wildman–Crippen LogP) is 1.71. The SMILES string of the molecule is OCC(O)CNc1ccc(I)c(Cl)c1. The molecule has 0 aliphatic carbocycles. The van der Waals surface area contributed by atoms with Crippen LogP contribution < -0.4 is 5.32 Å². The number of anilines is 1. The lowest BCUT2D eigenvalue weighted by Crippen LogP contribution is -2.22. The van der Waals surface area contributed by atoms with Gasteiger partial charge in [0.05, 0.1) is 17.7 Å². The number of nitrogens with one attached hydrogen (secondary N) is 1. The number of hydrogen-bond donors (Lipinski definition) is 3. The summed E-state index contributed by atoms with van der Waals surface area (Å²) in [6, 6.07) is 5.54. The number of aliphatic hydroxyl groups excluding tert-OH is 2. The average molecular weight is 328 g/mol. The van der Waals surface area contributed by atoms with Crippen LogP contribution in [0.25, 0.3) is 0 Å². The van der Waals surface area contributed by atoms with Gasteiger partial charge in [0.1, 0.15) is 0 Å². The quantitative estimate of drug-likeness (QED) is 0.738. The van der Waals surface area contributed by atoms with Crippen LogP contribution >= 0.6 is 34.2 Å². The van der Waals surface area contributed by atoms with Crippen molar-refractivity contribution in [3.05, 3.63) is 26.8 Å². The van der Waals surface area contributed by atoms with Crippen molar-refractivity contribution < 1.29 is 10.2 Å². The summed E-state index contributed by atoms with van der Waals surface area (Å²) in [4.78, 5) is 0. The molecule has 0 amide bonds. The van der Waals surface area contributed by atoms with E-state index in [9.17, 15) is 0 Å². The van der Waals surface area contributed by atoms with Crippen LogP contribution in [0.5, 0.6) is 0 Å². The topological polar surface area (TPSA) is 52.5 Å². The molecule has 1 aromatic rings. The Labute approximate surface area is 101 Å². The second kappa shape index (κ2) is 5.75. The van der Waals surface area contributed by atoms with Gasteiger partial charge in [0.25, 0.3) is 0 Å². The van der Waals surface area contributed by atoms with Gasteiger partial charge in [0, 0.05) is 15.8 Å². The number of halogens is 2. The fourth-order valence-electron chi connectivity index (χ4n) is 0.906. The summed E-state index contributed by atoms with van der Waals surface area (Å²) >= 11 is 8.04. The molecule has 1 atom stereocenters. The van der Waals surface area contributed by atoms with E-state index in [4.69, 9.17) is 21.8 Å². The lowest BCUT2D eigenvalue weighted by molar-refractivity contribution is 0.105. The first-order valence-electron chi connectivity index (χ1n) is 4.11. The van der Waals surface area contributed by atoms with Crippen LogP contribution in [0.2, 0.25) is 5.02 Å². The van der Waals surface area contributed by atoms with Crippen LogP contribution in [0.1, 0.15) is 0 Å². The first-order valence-corrected chi connectivity index (χ1v) is 5.57. The van der Waals surface area contributed by atoms with Crippen molar-refractivity contribution in [3.63, 3.8) is 0 Å². The van der Waals surface area contributed by atoms with Crippen molar-refractivity contribution in [2.75, 3.05) is 18.5 Å². The van der Waals surface area contributed by atoms with Crippen LogP contribution in [0.15, 0.2) is 18.2 Å². The maximum Gasteiger partial charge on any atom is 0.0942 e. The summed E-state index contributed by atoms with van der Waals surface area (Å²) in [6.45, 7) is 0.0680. The number of rotatable bonds is 4. The monoisotopic (exact) mass is 327 g/mol. The van der Waals surface area contributed by atoms with E-state index in [1.165, 1.54) is 0 Å². The number of benzene rings is 1. The Morgan fingerprint density at radius 2 is 2.21 bits per heavy atom. The first kappa shape index (κ1) is 12.0. The second-order valence-corrected chi connectivity index (χ2v) is 4.42. The maximum atomic E-state index is 9.10. The van der Waals surface area contributed by atoms with E-state index in [1.54, 1.807) is 6.07 Å². The molecule has 3 nitrogen and oxygen atoms in total. The zero-order chi connectivity index (χ0) is 10.6. The Morgan fingerprint density at radius 1 is 1.50 bits per heavy atom. The minimum absolute atomic E-state index is 0.245. The van der Waals surface area contributed by atoms with Gasteiger partial charge in [-0.2, -0.15) is 0 Å². The summed E-state index contributed by atoms with van der Waals surface area (Å²) < 4.78 is 0.984. The summed E-state index contributed by atoms with van der Waals surface area (Å²) in [5.74, 6) is 0. The number of hydrogen-bond acceptors (Lipinski definition) is 3. The van der Waals surface area contributed by atoms with E-state index >= 15 is 0 Å². The van der Waals surface area contributed by atoms with Crippen LogP contribution in [-0.2, 0) is 0 Å². The molecule has 0 aliphatic rings. The Hall–Kier alpha value is -0.0400. The summed E-state index contributed by atoms with van der Waals surface area (Å²) in [5, 5.41) is 21.3. The van der Waals surface area contributed by atoms with Crippen LogP contribution in [0, 0.1) is 3.57 Å². The fourth-order valence-corrected chi connectivity index (χ4v) is 1.42. The molecule has 0 aliphatic heterocycles. The van der Waals surface area contributed by atoms with E-state index in [-0.39, 0.29) is 6.61 Å². The molecule has 0 saturated carbocycles. The third-order valence-electron chi connectivity index (χ3n) is 1.67. The van der Waals surface area contributed by atoms with Gasteiger partial charge in [-0.05, 0) is 40.8 Å². The van der Waals surface area contributed by atoms with Gasteiger partial charge in [-0.15, -0.1) is 0 Å². The predicted molar refractivity (Wildman–Crippen MR) is 65.8 cm³/mol. The summed E-state index contributed by atoms with van der Waals surface area (Å²) in [7, 11) is 0. The average Bonchev–Trinajstić information content (AvgIpc) is 2.19. The van der Waals surface area contributed by atoms with E-state index in [2.05, 4.69) is 27.9 Å². The standard InChI is InChI=1S/C9H11ClINO2/c10-8-3-6(1-2-9(8)11)12-4-7(14)5-13/h1-3,7,12-14H,4-5H2. The molecule has 0 spiro atoms. The Morgan fingerprint density at radius 3 is 2.79 bits per heavy atom. The molecular weight excluding hydrogens is 316 g/mol. The van der Waals surface area contributed by atoms with Gasteiger partial charge in [0.15, 0.2) is 0 Å². The Balaban J connectivity index is 2.55. The molecule has 0 heterocycles.